The highest BCUT2D eigenvalue weighted by Gasteiger charge is 2.27. The molecule has 0 amide bonds. The van der Waals surface area contributed by atoms with Gasteiger partial charge in [-0.15, -0.1) is 0 Å². The van der Waals surface area contributed by atoms with Crippen LogP contribution in [0.2, 0.25) is 0 Å². The fraction of sp³-hybridized carbons (Fsp3) is 0.891. The summed E-state index contributed by atoms with van der Waals surface area (Å²) in [5.41, 5.74) is 0. The van der Waals surface area contributed by atoms with E-state index in [-0.39, 0.29) is 25.6 Å². The average Bonchev–Trinajstić information content (AvgIpc) is 0.914. The van der Waals surface area contributed by atoms with Crippen LogP contribution < -0.4 is 0 Å². The number of ether oxygens (including phenoxy) is 2. The average molecular weight is 1460 g/mol. The van der Waals surface area contributed by atoms with E-state index in [9.17, 15) is 19.0 Å². The number of carbonyl (C=O) groups is 2. The summed E-state index contributed by atoms with van der Waals surface area (Å²) in [5, 5.41) is 0. The lowest BCUT2D eigenvalue weighted by Crippen LogP contribution is -2.37. The molecule has 9 nitrogen and oxygen atoms in total. The van der Waals surface area contributed by atoms with Gasteiger partial charge in [0.15, 0.2) is 6.10 Å². The van der Waals surface area contributed by atoms with Crippen molar-refractivity contribution in [2.24, 2.45) is 0 Å². The summed E-state index contributed by atoms with van der Waals surface area (Å²) in [7, 11) is 1.51. The molecule has 2 atom stereocenters. The van der Waals surface area contributed by atoms with Crippen LogP contribution in [-0.4, -0.2) is 74.9 Å². The first-order chi connectivity index (χ1) is 50.0. The van der Waals surface area contributed by atoms with Gasteiger partial charge in [0.2, 0.25) is 0 Å². The van der Waals surface area contributed by atoms with E-state index < -0.39 is 26.5 Å². The summed E-state index contributed by atoms with van der Waals surface area (Å²) >= 11 is 0. The maximum atomic E-state index is 12.9. The molecular formula is C92H177NO8P+. The van der Waals surface area contributed by atoms with E-state index in [1.54, 1.807) is 0 Å². The third kappa shape index (κ3) is 86.9. The Labute approximate surface area is 636 Å². The smallest absolute Gasteiger partial charge is 0.462 e. The van der Waals surface area contributed by atoms with Crippen LogP contribution in [0.4, 0.5) is 0 Å². The maximum Gasteiger partial charge on any atom is 0.472 e. The molecule has 0 fully saturated rings. The Kier molecular flexibility index (Phi) is 81.4. The van der Waals surface area contributed by atoms with E-state index in [4.69, 9.17) is 18.5 Å². The van der Waals surface area contributed by atoms with Gasteiger partial charge in [-0.25, -0.2) is 4.57 Å². The molecule has 0 bridgehead atoms. The number of quaternary nitrogens is 1. The monoisotopic (exact) mass is 1460 g/mol. The van der Waals surface area contributed by atoms with Crippen molar-refractivity contribution in [1.82, 2.24) is 0 Å². The number of esters is 2. The Bertz CT molecular complexity index is 1860. The molecule has 0 saturated heterocycles. The lowest BCUT2D eigenvalue weighted by atomic mass is 10.0. The fourth-order valence-corrected chi connectivity index (χ4v) is 14.7. The van der Waals surface area contributed by atoms with E-state index >= 15 is 0 Å². The Morgan fingerprint density at radius 3 is 0.794 bits per heavy atom. The lowest BCUT2D eigenvalue weighted by Gasteiger charge is -2.24. The molecule has 2 unspecified atom stereocenters. The molecule has 102 heavy (non-hydrogen) atoms. The molecule has 0 heterocycles. The molecule has 602 valence electrons. The van der Waals surface area contributed by atoms with Crippen molar-refractivity contribution in [1.29, 1.82) is 0 Å². The third-order valence-corrected chi connectivity index (χ3v) is 21.8. The van der Waals surface area contributed by atoms with Gasteiger partial charge in [0.25, 0.3) is 0 Å². The molecule has 0 aromatic heterocycles. The highest BCUT2D eigenvalue weighted by atomic mass is 31.2. The zero-order valence-corrected chi connectivity index (χ0v) is 70.0. The summed E-state index contributed by atoms with van der Waals surface area (Å²) < 4.78 is 34.9. The van der Waals surface area contributed by atoms with Crippen LogP contribution in [0, 0.1) is 0 Å². The summed E-state index contributed by atoms with van der Waals surface area (Å²) in [5.74, 6) is -0.768. The third-order valence-electron chi connectivity index (χ3n) is 20.8. The van der Waals surface area contributed by atoms with Crippen LogP contribution in [0.25, 0.3) is 0 Å². The summed E-state index contributed by atoms with van der Waals surface area (Å²) in [6.45, 7) is 4.51. The second-order valence-electron chi connectivity index (χ2n) is 32.3. The van der Waals surface area contributed by atoms with Crippen molar-refractivity contribution in [3.8, 4) is 0 Å². The Balaban J connectivity index is 3.84. The van der Waals surface area contributed by atoms with Crippen LogP contribution in [-0.2, 0) is 32.7 Å². The van der Waals surface area contributed by atoms with Gasteiger partial charge in [0, 0.05) is 12.8 Å². The number of unbranched alkanes of at least 4 members (excludes halogenated alkanes) is 64. The van der Waals surface area contributed by atoms with Gasteiger partial charge in [-0.2, -0.15) is 0 Å². The molecule has 0 spiro atoms. The molecule has 10 heteroatoms. The Morgan fingerprint density at radius 1 is 0.304 bits per heavy atom. The maximum absolute atomic E-state index is 12.9. The number of hydrogen-bond acceptors (Lipinski definition) is 7. The first-order valence-corrected chi connectivity index (χ1v) is 46.9. The minimum atomic E-state index is -4.40. The number of nitrogens with zero attached hydrogens (tertiary/aromatic N) is 1. The van der Waals surface area contributed by atoms with Crippen molar-refractivity contribution in [3.05, 3.63) is 48.6 Å². The largest absolute Gasteiger partial charge is 0.472 e. The fourth-order valence-electron chi connectivity index (χ4n) is 13.9. The minimum Gasteiger partial charge on any atom is -0.462 e. The van der Waals surface area contributed by atoms with E-state index in [2.05, 4.69) is 62.5 Å². The number of hydrogen-bond donors (Lipinski definition) is 1. The van der Waals surface area contributed by atoms with E-state index in [0.29, 0.717) is 23.9 Å². The number of phosphoric acid groups is 1. The van der Waals surface area contributed by atoms with Gasteiger partial charge >= 0.3 is 19.8 Å². The lowest BCUT2D eigenvalue weighted by molar-refractivity contribution is -0.870. The van der Waals surface area contributed by atoms with E-state index in [1.807, 2.05) is 21.1 Å². The summed E-state index contributed by atoms with van der Waals surface area (Å²) in [6, 6.07) is 0. The van der Waals surface area contributed by atoms with Gasteiger partial charge in [-0.05, 0) is 77.0 Å². The van der Waals surface area contributed by atoms with Gasteiger partial charge in [0.1, 0.15) is 19.8 Å². The van der Waals surface area contributed by atoms with Crippen LogP contribution >= 0.6 is 7.82 Å². The first kappa shape index (κ1) is 100.0. The molecule has 1 N–H and O–H groups in total. The molecule has 0 rings (SSSR count). The Hall–Kier alpha value is -2.03. The van der Waals surface area contributed by atoms with Gasteiger partial charge < -0.3 is 18.9 Å². The Morgan fingerprint density at radius 2 is 0.529 bits per heavy atom. The van der Waals surface area contributed by atoms with E-state index in [1.165, 1.54) is 398 Å². The van der Waals surface area contributed by atoms with Crippen molar-refractivity contribution < 1.29 is 42.1 Å². The van der Waals surface area contributed by atoms with Crippen molar-refractivity contribution in [2.75, 3.05) is 47.5 Å². The normalized spacial score (nSPS) is 13.1. The molecule has 0 aliphatic carbocycles. The van der Waals surface area contributed by atoms with Crippen molar-refractivity contribution in [2.45, 2.75) is 482 Å². The van der Waals surface area contributed by atoms with E-state index in [0.717, 1.165) is 44.9 Å². The van der Waals surface area contributed by atoms with Crippen LogP contribution in [0.3, 0.4) is 0 Å². The van der Waals surface area contributed by atoms with Gasteiger partial charge in [-0.3, -0.25) is 18.6 Å². The summed E-state index contributed by atoms with van der Waals surface area (Å²) in [6.07, 6.45) is 112. The number of carbonyl (C=O) groups excluding carboxylic acids is 2. The van der Waals surface area contributed by atoms with Crippen molar-refractivity contribution in [3.63, 3.8) is 0 Å². The highest BCUT2D eigenvalue weighted by Crippen LogP contribution is 2.43. The topological polar surface area (TPSA) is 108 Å². The predicted octanol–water partition coefficient (Wildman–Crippen LogP) is 30.6. The molecule has 0 radical (unpaired) electrons. The van der Waals surface area contributed by atoms with Crippen LogP contribution in [0.5, 0.6) is 0 Å². The number of allylic oxidation sites excluding steroid dienone is 8. The van der Waals surface area contributed by atoms with Gasteiger partial charge in [-0.1, -0.05) is 435 Å². The molecule has 0 aliphatic heterocycles. The summed E-state index contributed by atoms with van der Waals surface area (Å²) in [4.78, 5) is 36.1. The van der Waals surface area contributed by atoms with Crippen LogP contribution in [0.1, 0.15) is 476 Å². The van der Waals surface area contributed by atoms with Crippen molar-refractivity contribution >= 4 is 19.8 Å². The predicted molar refractivity (Wildman–Crippen MR) is 446 cm³/mol. The zero-order chi connectivity index (χ0) is 74.0. The number of likely N-dealkylation sites (N-methyl/N-ethyl adjacent to an activating group) is 1. The highest BCUT2D eigenvalue weighted by molar-refractivity contribution is 7.47. The molecule has 0 aromatic rings. The quantitative estimate of drug-likeness (QED) is 0.0211. The molecular weight excluding hydrogens is 1280 g/mol. The number of phosphoric ester groups is 1. The SMILES string of the molecule is CCCCCCC/C=C\C/C=C\C/C=C\CCCCCCCCCCCCCCCCCCCCCCCCCCC(=O)OC(COC(=O)CCCCCCCCCCCCCCCCCCCCCCCCCCCCC/C=C\CCCCCCCCCC)COP(=O)(O)OCC[N+](C)(C)C. The van der Waals surface area contributed by atoms with Gasteiger partial charge in [0.05, 0.1) is 27.7 Å². The molecule has 0 saturated carbocycles. The second kappa shape index (κ2) is 83.0. The molecule has 0 aromatic carbocycles. The van der Waals surface area contributed by atoms with Crippen LogP contribution in [0.15, 0.2) is 48.6 Å². The standard InChI is InChI=1S/C92H176NO8P/c1-6-8-10-12-14-16-18-20-22-24-26-28-30-32-34-36-38-40-42-44-46-48-50-52-54-56-58-60-62-64-66-68-70-72-74-76-78-80-82-84-91(94)98-88-90(89-100-102(96,97)99-87-86-93(3,4)5)101-92(95)85-83-81-79-77-75-73-71-69-67-65-63-61-59-57-55-53-51-49-47-45-43-41-39-37-35-33-31-29-27-25-23-21-19-17-15-13-11-9-7-2/h19,21,24-27,31,33,90H,6-18,20,22-23,28-30,32,34-89H2,1-5H3/p+1/b21-19-,26-24-,27-25-,33-31-. The molecule has 0 aliphatic rings. The first-order valence-electron chi connectivity index (χ1n) is 45.4. The zero-order valence-electron chi connectivity index (χ0n) is 69.1. The number of rotatable bonds is 86. The minimum absolute atomic E-state index is 0.0353. The second-order valence-corrected chi connectivity index (χ2v) is 33.8.